The molecule has 37 heavy (non-hydrogen) atoms. The molecule has 0 aliphatic rings. The molecule has 0 bridgehead atoms. The summed E-state index contributed by atoms with van der Waals surface area (Å²) in [4.78, 5) is 16.8. The first-order chi connectivity index (χ1) is 17.9. The van der Waals surface area contributed by atoms with E-state index < -0.39 is 6.04 Å². The molecule has 188 valence electrons. The van der Waals surface area contributed by atoms with Crippen LogP contribution in [0.5, 0.6) is 0 Å². The fourth-order valence-corrected chi connectivity index (χ4v) is 5.00. The molecule has 2 aromatic heterocycles. The van der Waals surface area contributed by atoms with Gasteiger partial charge in [0.05, 0.1) is 28.8 Å². The summed E-state index contributed by atoms with van der Waals surface area (Å²) < 4.78 is 1.79. The Morgan fingerprint density at radius 1 is 0.946 bits per heavy atom. The van der Waals surface area contributed by atoms with Crippen molar-refractivity contribution in [2.24, 2.45) is 7.05 Å². The minimum atomic E-state index is -0.393. The van der Waals surface area contributed by atoms with Crippen molar-refractivity contribution >= 4 is 22.5 Å². The maximum absolute atomic E-state index is 13.1. The van der Waals surface area contributed by atoms with Gasteiger partial charge in [-0.3, -0.25) is 9.48 Å². The number of benzene rings is 3. The molecule has 0 aliphatic carbocycles. The summed E-state index contributed by atoms with van der Waals surface area (Å²) in [5, 5.41) is 12.2. The number of para-hydroxylation sites is 1. The Morgan fingerprint density at radius 3 is 2.27 bits per heavy atom. The zero-order valence-electron chi connectivity index (χ0n) is 21.7. The molecular formula is C31H33N5O. The average molecular weight is 492 g/mol. The van der Waals surface area contributed by atoms with Crippen molar-refractivity contribution in [2.75, 3.05) is 11.9 Å². The first kappa shape index (κ1) is 24.5. The number of carbonyl (C=O) groups excluding carboxylic acids is 1. The minimum Gasteiger partial charge on any atom is -0.354 e. The SMILES string of the molecule is Cc1nn(C)c(C)c1NC(=O)C(C)NCC(c1ccccc1)c1c(-c2ccccc2)[nH]c2ccccc12. The molecular weight excluding hydrogens is 458 g/mol. The molecule has 2 atom stereocenters. The van der Waals surface area contributed by atoms with E-state index in [9.17, 15) is 4.79 Å². The molecule has 5 rings (SSSR count). The molecule has 0 radical (unpaired) electrons. The van der Waals surface area contributed by atoms with Crippen molar-refractivity contribution in [1.29, 1.82) is 0 Å². The van der Waals surface area contributed by atoms with Crippen LogP contribution in [0.1, 0.15) is 35.4 Å². The lowest BCUT2D eigenvalue weighted by Gasteiger charge is -2.23. The van der Waals surface area contributed by atoms with Gasteiger partial charge in [-0.25, -0.2) is 0 Å². The van der Waals surface area contributed by atoms with E-state index in [1.54, 1.807) is 4.68 Å². The topological polar surface area (TPSA) is 74.7 Å². The van der Waals surface area contributed by atoms with Gasteiger partial charge in [-0.2, -0.15) is 5.10 Å². The third-order valence-electron chi connectivity index (χ3n) is 7.14. The van der Waals surface area contributed by atoms with E-state index in [1.807, 2.05) is 40.0 Å². The summed E-state index contributed by atoms with van der Waals surface area (Å²) in [6.45, 7) is 6.38. The van der Waals surface area contributed by atoms with Gasteiger partial charge >= 0.3 is 0 Å². The van der Waals surface area contributed by atoms with Gasteiger partial charge in [0.2, 0.25) is 5.91 Å². The number of aryl methyl sites for hydroxylation is 2. The van der Waals surface area contributed by atoms with E-state index in [4.69, 9.17) is 0 Å². The Hall–Kier alpha value is -4.16. The number of H-pyrrole nitrogens is 1. The normalized spacial score (nSPS) is 13.0. The van der Waals surface area contributed by atoms with Crippen molar-refractivity contribution in [3.05, 3.63) is 107 Å². The summed E-state index contributed by atoms with van der Waals surface area (Å²) >= 11 is 0. The summed E-state index contributed by atoms with van der Waals surface area (Å²) in [6.07, 6.45) is 0. The fourth-order valence-electron chi connectivity index (χ4n) is 5.00. The van der Waals surface area contributed by atoms with E-state index in [2.05, 4.69) is 93.5 Å². The van der Waals surface area contributed by atoms with Crippen LogP contribution in [0.4, 0.5) is 5.69 Å². The minimum absolute atomic E-state index is 0.0321. The first-order valence-corrected chi connectivity index (χ1v) is 12.7. The van der Waals surface area contributed by atoms with E-state index >= 15 is 0 Å². The lowest BCUT2D eigenvalue weighted by atomic mass is 9.87. The second kappa shape index (κ2) is 10.4. The summed E-state index contributed by atoms with van der Waals surface area (Å²) in [5.41, 5.74) is 8.31. The van der Waals surface area contributed by atoms with Crippen LogP contribution in [0.25, 0.3) is 22.2 Å². The van der Waals surface area contributed by atoms with E-state index in [0.717, 1.165) is 33.8 Å². The number of carbonyl (C=O) groups is 1. The zero-order valence-corrected chi connectivity index (χ0v) is 21.7. The largest absolute Gasteiger partial charge is 0.354 e. The quantitative estimate of drug-likeness (QED) is 0.252. The molecule has 3 N–H and O–H groups in total. The number of hydrogen-bond acceptors (Lipinski definition) is 3. The number of amides is 1. The predicted molar refractivity (Wildman–Crippen MR) is 151 cm³/mol. The second-order valence-corrected chi connectivity index (χ2v) is 9.58. The van der Waals surface area contributed by atoms with Crippen molar-refractivity contribution in [3.63, 3.8) is 0 Å². The van der Waals surface area contributed by atoms with Gasteiger partial charge < -0.3 is 15.6 Å². The van der Waals surface area contributed by atoms with Crippen molar-refractivity contribution in [1.82, 2.24) is 20.1 Å². The van der Waals surface area contributed by atoms with Crippen molar-refractivity contribution < 1.29 is 4.79 Å². The molecule has 3 aromatic carbocycles. The zero-order chi connectivity index (χ0) is 25.9. The molecule has 5 aromatic rings. The van der Waals surface area contributed by atoms with Gasteiger partial charge in [-0.1, -0.05) is 78.9 Å². The van der Waals surface area contributed by atoms with Crippen LogP contribution in [-0.2, 0) is 11.8 Å². The lowest BCUT2D eigenvalue weighted by molar-refractivity contribution is -0.117. The van der Waals surface area contributed by atoms with Crippen LogP contribution in [0, 0.1) is 13.8 Å². The Labute approximate surface area is 217 Å². The van der Waals surface area contributed by atoms with Crippen molar-refractivity contribution in [3.8, 4) is 11.3 Å². The highest BCUT2D eigenvalue weighted by Crippen LogP contribution is 2.38. The van der Waals surface area contributed by atoms with Gasteiger partial charge in [-0.05, 0) is 43.5 Å². The molecule has 0 spiro atoms. The number of aromatic nitrogens is 3. The summed E-state index contributed by atoms with van der Waals surface area (Å²) in [5.74, 6) is -0.0436. The van der Waals surface area contributed by atoms with Gasteiger partial charge in [0.25, 0.3) is 0 Å². The Balaban J connectivity index is 1.48. The maximum atomic E-state index is 13.1. The van der Waals surface area contributed by atoms with Crippen LogP contribution in [-0.4, -0.2) is 33.3 Å². The molecule has 2 heterocycles. The Kier molecular flexibility index (Phi) is 6.93. The van der Waals surface area contributed by atoms with Crippen LogP contribution >= 0.6 is 0 Å². The highest BCUT2D eigenvalue weighted by atomic mass is 16.2. The Morgan fingerprint density at radius 2 is 1.59 bits per heavy atom. The molecule has 6 nitrogen and oxygen atoms in total. The number of nitrogens with one attached hydrogen (secondary N) is 3. The van der Waals surface area contributed by atoms with Crippen molar-refractivity contribution in [2.45, 2.75) is 32.7 Å². The average Bonchev–Trinajstić information content (AvgIpc) is 3.42. The monoisotopic (exact) mass is 491 g/mol. The number of anilines is 1. The summed E-state index contributed by atoms with van der Waals surface area (Å²) in [7, 11) is 1.88. The predicted octanol–water partition coefficient (Wildman–Crippen LogP) is 5.93. The Bertz CT molecular complexity index is 1520. The van der Waals surface area contributed by atoms with Crippen LogP contribution in [0.3, 0.4) is 0 Å². The van der Waals surface area contributed by atoms with Gasteiger partial charge in [0.1, 0.15) is 0 Å². The van der Waals surface area contributed by atoms with Crippen LogP contribution in [0.2, 0.25) is 0 Å². The maximum Gasteiger partial charge on any atom is 0.241 e. The first-order valence-electron chi connectivity index (χ1n) is 12.7. The third kappa shape index (κ3) is 4.93. The van der Waals surface area contributed by atoms with E-state index in [-0.39, 0.29) is 11.8 Å². The fraction of sp³-hybridized carbons (Fsp3) is 0.226. The number of rotatable bonds is 8. The number of hydrogen-bond donors (Lipinski definition) is 3. The van der Waals surface area contributed by atoms with Gasteiger partial charge in [0.15, 0.2) is 0 Å². The van der Waals surface area contributed by atoms with Crippen LogP contribution < -0.4 is 10.6 Å². The lowest BCUT2D eigenvalue weighted by Crippen LogP contribution is -2.40. The molecule has 6 heteroatoms. The molecule has 1 amide bonds. The third-order valence-corrected chi connectivity index (χ3v) is 7.14. The van der Waals surface area contributed by atoms with E-state index in [0.29, 0.717) is 6.54 Å². The molecule has 0 saturated heterocycles. The molecule has 0 fully saturated rings. The number of nitrogens with zero attached hydrogens (tertiary/aromatic N) is 2. The van der Waals surface area contributed by atoms with E-state index in [1.165, 1.54) is 16.5 Å². The number of fused-ring (bicyclic) bond motifs is 1. The molecule has 0 saturated carbocycles. The smallest absolute Gasteiger partial charge is 0.241 e. The highest BCUT2D eigenvalue weighted by molar-refractivity contribution is 5.95. The van der Waals surface area contributed by atoms with Gasteiger partial charge in [-0.15, -0.1) is 0 Å². The highest BCUT2D eigenvalue weighted by Gasteiger charge is 2.25. The second-order valence-electron chi connectivity index (χ2n) is 9.58. The summed E-state index contributed by atoms with van der Waals surface area (Å²) in [6, 6.07) is 29.0. The molecule has 2 unspecified atom stereocenters. The van der Waals surface area contributed by atoms with Crippen LogP contribution in [0.15, 0.2) is 84.9 Å². The van der Waals surface area contributed by atoms with Gasteiger partial charge in [0, 0.05) is 30.4 Å². The molecule has 0 aliphatic heterocycles. The standard InChI is InChI=1S/C31H33N5O/c1-20-29(22(3)36(4)35-20)34-31(37)21(2)32-19-26(23-13-7-5-8-14-23)28-25-17-11-12-18-27(25)33-30(28)24-15-9-6-10-16-24/h5-18,21,26,32-33H,19H2,1-4H3,(H,34,37). The number of aromatic amines is 1.